The number of rotatable bonds is 5. The van der Waals surface area contributed by atoms with Crippen molar-refractivity contribution in [2.75, 3.05) is 16.4 Å². The number of anilines is 1. The second-order valence-corrected chi connectivity index (χ2v) is 12.4. The molecule has 6 nitrogen and oxygen atoms in total. The molecule has 3 aromatic carbocycles. The lowest BCUT2D eigenvalue weighted by Gasteiger charge is -2.27. The predicted molar refractivity (Wildman–Crippen MR) is 142 cm³/mol. The van der Waals surface area contributed by atoms with E-state index < -0.39 is 9.84 Å². The number of carbonyl (C=O) groups is 1. The number of ether oxygens (including phenoxy) is 1. The topological polar surface area (TPSA) is 76.0 Å². The van der Waals surface area contributed by atoms with E-state index in [1.165, 1.54) is 11.8 Å². The summed E-state index contributed by atoms with van der Waals surface area (Å²) in [5.41, 5.74) is 2.50. The SMILES string of the molecule is Cc1cccc(Oc2ccc(Cl)cc2N2C(=NC(=O)Cc3ccccc3)SC3CS(=O)(=O)CC32)c1. The number of aliphatic imine (C=N–C) groups is 1. The van der Waals surface area contributed by atoms with Gasteiger partial charge in [-0.1, -0.05) is 65.8 Å². The Balaban J connectivity index is 1.54. The van der Waals surface area contributed by atoms with Crippen molar-refractivity contribution in [1.29, 1.82) is 0 Å². The van der Waals surface area contributed by atoms with Crippen molar-refractivity contribution < 1.29 is 17.9 Å². The van der Waals surface area contributed by atoms with Gasteiger partial charge in [0.1, 0.15) is 5.75 Å². The summed E-state index contributed by atoms with van der Waals surface area (Å²) in [5, 5.41) is 0.710. The van der Waals surface area contributed by atoms with Crippen molar-refractivity contribution in [2.45, 2.75) is 24.6 Å². The lowest BCUT2D eigenvalue weighted by Crippen LogP contribution is -2.38. The van der Waals surface area contributed by atoms with Gasteiger partial charge >= 0.3 is 0 Å². The highest BCUT2D eigenvalue weighted by molar-refractivity contribution is 8.16. The van der Waals surface area contributed by atoms with Crippen LogP contribution in [0.5, 0.6) is 11.5 Å². The monoisotopic (exact) mass is 526 g/mol. The number of amidine groups is 1. The number of hydrogen-bond acceptors (Lipinski definition) is 5. The minimum atomic E-state index is -3.21. The van der Waals surface area contributed by atoms with Crippen LogP contribution in [0.4, 0.5) is 5.69 Å². The van der Waals surface area contributed by atoms with Crippen LogP contribution in [0, 0.1) is 6.92 Å². The van der Waals surface area contributed by atoms with Crippen LogP contribution in [0.1, 0.15) is 11.1 Å². The molecule has 2 atom stereocenters. The molecular formula is C26H23ClN2O4S2. The summed E-state index contributed by atoms with van der Waals surface area (Å²) in [6.07, 6.45) is 0.161. The first kappa shape index (κ1) is 23.9. The molecule has 2 unspecified atom stereocenters. The second kappa shape index (κ2) is 9.68. The first-order valence-corrected chi connectivity index (χ1v) is 14.2. The van der Waals surface area contributed by atoms with E-state index in [2.05, 4.69) is 4.99 Å². The molecule has 0 N–H and O–H groups in total. The zero-order valence-corrected chi connectivity index (χ0v) is 21.3. The van der Waals surface area contributed by atoms with Gasteiger partial charge in [0, 0.05) is 10.3 Å². The van der Waals surface area contributed by atoms with E-state index in [-0.39, 0.29) is 35.1 Å². The maximum atomic E-state index is 12.9. The molecule has 2 aliphatic rings. The smallest absolute Gasteiger partial charge is 0.252 e. The molecule has 2 saturated heterocycles. The number of fused-ring (bicyclic) bond motifs is 1. The molecule has 0 radical (unpaired) electrons. The number of carbonyl (C=O) groups excluding carboxylic acids is 1. The van der Waals surface area contributed by atoms with Crippen molar-refractivity contribution in [3.05, 3.63) is 88.9 Å². The largest absolute Gasteiger partial charge is 0.455 e. The lowest BCUT2D eigenvalue weighted by molar-refractivity contribution is -0.117. The maximum absolute atomic E-state index is 12.9. The molecule has 2 heterocycles. The highest BCUT2D eigenvalue weighted by Gasteiger charge is 2.50. The minimum Gasteiger partial charge on any atom is -0.455 e. The summed E-state index contributed by atoms with van der Waals surface area (Å²) in [5.74, 6) is 0.880. The van der Waals surface area contributed by atoms with Gasteiger partial charge in [0.05, 0.1) is 29.7 Å². The van der Waals surface area contributed by atoms with E-state index in [1.807, 2.05) is 66.4 Å². The van der Waals surface area contributed by atoms with Gasteiger partial charge in [-0.15, -0.1) is 0 Å². The molecule has 2 fully saturated rings. The van der Waals surface area contributed by atoms with Crippen molar-refractivity contribution in [1.82, 2.24) is 0 Å². The van der Waals surface area contributed by atoms with Crippen molar-refractivity contribution in [3.8, 4) is 11.5 Å². The Labute approximate surface area is 213 Å². The highest BCUT2D eigenvalue weighted by Crippen LogP contribution is 2.45. The molecule has 9 heteroatoms. The van der Waals surface area contributed by atoms with Gasteiger partial charge in [-0.25, -0.2) is 8.42 Å². The number of benzene rings is 3. The van der Waals surface area contributed by atoms with E-state index in [4.69, 9.17) is 16.3 Å². The van der Waals surface area contributed by atoms with Crippen molar-refractivity contribution >= 4 is 50.0 Å². The fraction of sp³-hybridized carbons (Fsp3) is 0.231. The third-order valence-corrected chi connectivity index (χ3v) is 9.33. The van der Waals surface area contributed by atoms with Crippen LogP contribution in [0.3, 0.4) is 0 Å². The molecule has 2 aliphatic heterocycles. The first-order chi connectivity index (χ1) is 16.8. The molecule has 1 amide bonds. The van der Waals surface area contributed by atoms with Gasteiger partial charge in [0.25, 0.3) is 5.91 Å². The number of halogens is 1. The molecule has 0 bridgehead atoms. The molecular weight excluding hydrogens is 504 g/mol. The number of hydrogen-bond donors (Lipinski definition) is 0. The van der Waals surface area contributed by atoms with Crippen LogP contribution in [0.2, 0.25) is 5.02 Å². The summed E-state index contributed by atoms with van der Waals surface area (Å²) in [7, 11) is -3.21. The van der Waals surface area contributed by atoms with Crippen LogP contribution in [0.25, 0.3) is 0 Å². The first-order valence-electron chi connectivity index (χ1n) is 11.1. The fourth-order valence-corrected chi connectivity index (χ4v) is 8.42. The van der Waals surface area contributed by atoms with E-state index >= 15 is 0 Å². The standard InChI is InChI=1S/C26H23ClN2O4S2/c1-17-6-5-9-20(12-17)33-23-11-10-19(27)14-21(23)29-22-15-35(31,32)16-24(22)34-26(29)28-25(30)13-18-7-3-2-4-8-18/h2-12,14,22,24H,13,15-16H2,1H3. The summed E-state index contributed by atoms with van der Waals surface area (Å²) < 4.78 is 31.1. The molecule has 180 valence electrons. The summed E-state index contributed by atoms with van der Waals surface area (Å²) in [6, 6.07) is 21.9. The summed E-state index contributed by atoms with van der Waals surface area (Å²) in [4.78, 5) is 19.1. The maximum Gasteiger partial charge on any atom is 0.252 e. The molecule has 5 rings (SSSR count). The Hall–Kier alpha value is -2.81. The van der Waals surface area contributed by atoms with E-state index in [0.717, 1.165) is 11.1 Å². The number of aryl methyl sites for hydroxylation is 1. The van der Waals surface area contributed by atoms with E-state index in [9.17, 15) is 13.2 Å². The molecule has 0 spiro atoms. The molecule has 35 heavy (non-hydrogen) atoms. The van der Waals surface area contributed by atoms with Gasteiger partial charge < -0.3 is 9.64 Å². The average molecular weight is 527 g/mol. The van der Waals surface area contributed by atoms with Crippen LogP contribution >= 0.6 is 23.4 Å². The number of thioether (sulfide) groups is 1. The third-order valence-electron chi connectivity index (χ3n) is 5.88. The number of amides is 1. The molecule has 0 aliphatic carbocycles. The third kappa shape index (κ3) is 5.39. The van der Waals surface area contributed by atoms with Gasteiger partial charge in [-0.05, 0) is 48.4 Å². The Morgan fingerprint density at radius 2 is 1.89 bits per heavy atom. The number of nitrogens with zero attached hydrogens (tertiary/aromatic N) is 2. The second-order valence-electron chi connectivity index (χ2n) is 8.65. The van der Waals surface area contributed by atoms with Gasteiger partial charge in [-0.3, -0.25) is 4.79 Å². The van der Waals surface area contributed by atoms with Crippen LogP contribution in [-0.2, 0) is 21.1 Å². The zero-order chi connectivity index (χ0) is 24.6. The van der Waals surface area contributed by atoms with Gasteiger partial charge in [0.15, 0.2) is 20.8 Å². The number of sulfone groups is 1. The summed E-state index contributed by atoms with van der Waals surface area (Å²) >= 11 is 7.70. The Kier molecular flexibility index (Phi) is 6.61. The predicted octanol–water partition coefficient (Wildman–Crippen LogP) is 5.28. The van der Waals surface area contributed by atoms with Crippen molar-refractivity contribution in [3.63, 3.8) is 0 Å². The lowest BCUT2D eigenvalue weighted by atomic mass is 10.1. The van der Waals surface area contributed by atoms with Crippen molar-refractivity contribution in [2.24, 2.45) is 4.99 Å². The van der Waals surface area contributed by atoms with Crippen LogP contribution in [-0.4, -0.2) is 42.3 Å². The fourth-order valence-electron chi connectivity index (χ4n) is 4.33. The normalized spacial score (nSPS) is 21.8. The van der Waals surface area contributed by atoms with E-state index in [1.54, 1.807) is 18.2 Å². The molecule has 0 aromatic heterocycles. The molecule has 0 saturated carbocycles. The van der Waals surface area contributed by atoms with Crippen LogP contribution < -0.4 is 9.64 Å². The quantitative estimate of drug-likeness (QED) is 0.450. The van der Waals surface area contributed by atoms with E-state index in [0.29, 0.717) is 27.4 Å². The Bertz CT molecular complexity index is 1410. The minimum absolute atomic E-state index is 0.0209. The average Bonchev–Trinajstić information content (AvgIpc) is 3.26. The zero-order valence-electron chi connectivity index (χ0n) is 18.9. The summed E-state index contributed by atoms with van der Waals surface area (Å²) in [6.45, 7) is 1.98. The highest BCUT2D eigenvalue weighted by atomic mass is 35.5. The Morgan fingerprint density at radius 1 is 1.09 bits per heavy atom. The Morgan fingerprint density at radius 3 is 2.66 bits per heavy atom. The van der Waals surface area contributed by atoms with Crippen LogP contribution in [0.15, 0.2) is 77.8 Å². The molecule has 3 aromatic rings. The van der Waals surface area contributed by atoms with Gasteiger partial charge in [0.2, 0.25) is 0 Å². The van der Waals surface area contributed by atoms with Gasteiger partial charge in [-0.2, -0.15) is 4.99 Å².